The fourth-order valence-corrected chi connectivity index (χ4v) is 5.69. The Morgan fingerprint density at radius 1 is 1.21 bits per heavy atom. The molecule has 2 aliphatic heterocycles. The van der Waals surface area contributed by atoms with Crippen molar-refractivity contribution in [3.05, 3.63) is 0 Å². The van der Waals surface area contributed by atoms with Gasteiger partial charge in [-0.15, -0.1) is 24.0 Å². The van der Waals surface area contributed by atoms with Gasteiger partial charge in [0.15, 0.2) is 5.96 Å². The van der Waals surface area contributed by atoms with Crippen LogP contribution in [0.1, 0.15) is 52.4 Å². The molecule has 162 valence electrons. The number of halogens is 1. The van der Waals surface area contributed by atoms with Crippen LogP contribution in [0, 0.1) is 11.3 Å². The van der Waals surface area contributed by atoms with Crippen LogP contribution in [0.15, 0.2) is 4.99 Å². The Labute approximate surface area is 187 Å². The number of hydrogen-bond acceptors (Lipinski definition) is 4. The van der Waals surface area contributed by atoms with Crippen LogP contribution in [0.3, 0.4) is 0 Å². The number of likely N-dealkylation sites (tertiary alicyclic amines) is 1. The zero-order chi connectivity index (χ0) is 18.9. The SMILES string of the molecule is CN=C(NC1CCN(CCOC(C)C)CC1)NC1C2CCOC2C12CCC2.I. The summed E-state index contributed by atoms with van der Waals surface area (Å²) in [5.41, 5.74) is 0.401. The second-order valence-corrected chi connectivity index (χ2v) is 9.20. The van der Waals surface area contributed by atoms with E-state index in [1.54, 1.807) is 0 Å². The van der Waals surface area contributed by atoms with Crippen molar-refractivity contribution in [2.24, 2.45) is 16.3 Å². The maximum absolute atomic E-state index is 6.05. The summed E-state index contributed by atoms with van der Waals surface area (Å²) in [4.78, 5) is 7.07. The maximum atomic E-state index is 6.05. The number of nitrogens with one attached hydrogen (secondary N) is 2. The van der Waals surface area contributed by atoms with Crippen LogP contribution in [-0.2, 0) is 9.47 Å². The number of rotatable bonds is 6. The molecule has 2 saturated carbocycles. The Balaban J connectivity index is 0.00000225. The molecule has 0 radical (unpaired) electrons. The van der Waals surface area contributed by atoms with Crippen molar-refractivity contribution in [1.82, 2.24) is 15.5 Å². The Morgan fingerprint density at radius 2 is 1.96 bits per heavy atom. The summed E-state index contributed by atoms with van der Waals surface area (Å²) in [5.74, 6) is 1.69. The number of nitrogens with zero attached hydrogens (tertiary/aromatic N) is 2. The molecule has 4 fully saturated rings. The van der Waals surface area contributed by atoms with Crippen molar-refractivity contribution < 1.29 is 9.47 Å². The predicted molar refractivity (Wildman–Crippen MR) is 124 cm³/mol. The zero-order valence-corrected chi connectivity index (χ0v) is 20.1. The number of aliphatic imine (C=N–C) groups is 1. The van der Waals surface area contributed by atoms with Gasteiger partial charge >= 0.3 is 0 Å². The Kier molecular flexibility index (Phi) is 7.89. The first-order valence-corrected chi connectivity index (χ1v) is 11.1. The predicted octanol–water partition coefficient (Wildman–Crippen LogP) is 2.62. The molecule has 2 N–H and O–H groups in total. The average Bonchev–Trinajstić information content (AvgIpc) is 3.03. The van der Waals surface area contributed by atoms with Crippen molar-refractivity contribution in [1.29, 1.82) is 0 Å². The largest absolute Gasteiger partial charge is 0.377 e. The van der Waals surface area contributed by atoms with Crippen molar-refractivity contribution in [2.45, 2.75) is 76.7 Å². The summed E-state index contributed by atoms with van der Waals surface area (Å²) in [7, 11) is 1.91. The lowest BCUT2D eigenvalue weighted by Crippen LogP contribution is -2.72. The molecule has 1 spiro atoms. The molecular weight excluding hydrogens is 467 g/mol. The summed E-state index contributed by atoms with van der Waals surface area (Å²) < 4.78 is 11.7. The summed E-state index contributed by atoms with van der Waals surface area (Å²) in [6.45, 7) is 9.32. The van der Waals surface area contributed by atoms with E-state index in [1.807, 2.05) is 7.05 Å². The lowest BCUT2D eigenvalue weighted by atomic mass is 9.46. The Bertz CT molecular complexity index is 532. The van der Waals surface area contributed by atoms with Gasteiger partial charge in [0.25, 0.3) is 0 Å². The van der Waals surface area contributed by atoms with Crippen molar-refractivity contribution in [3.63, 3.8) is 0 Å². The highest BCUT2D eigenvalue weighted by Crippen LogP contribution is 2.62. The monoisotopic (exact) mass is 506 g/mol. The smallest absolute Gasteiger partial charge is 0.191 e. The molecule has 28 heavy (non-hydrogen) atoms. The van der Waals surface area contributed by atoms with Gasteiger partial charge in [-0.1, -0.05) is 6.42 Å². The van der Waals surface area contributed by atoms with Crippen molar-refractivity contribution in [3.8, 4) is 0 Å². The molecule has 2 heterocycles. The molecule has 0 amide bonds. The van der Waals surface area contributed by atoms with E-state index in [9.17, 15) is 0 Å². The molecule has 3 unspecified atom stereocenters. The molecule has 6 nitrogen and oxygen atoms in total. The molecule has 0 aromatic carbocycles. The van der Waals surface area contributed by atoms with Gasteiger partial charge in [-0.25, -0.2) is 0 Å². The second-order valence-electron chi connectivity index (χ2n) is 9.20. The highest BCUT2D eigenvalue weighted by molar-refractivity contribution is 14.0. The van der Waals surface area contributed by atoms with E-state index in [-0.39, 0.29) is 24.0 Å². The summed E-state index contributed by atoms with van der Waals surface area (Å²) in [6.07, 6.45) is 8.39. The quantitative estimate of drug-likeness (QED) is 0.330. The first-order chi connectivity index (χ1) is 13.1. The van der Waals surface area contributed by atoms with Crippen LogP contribution in [0.5, 0.6) is 0 Å². The van der Waals surface area contributed by atoms with Crippen LogP contribution in [0.2, 0.25) is 0 Å². The minimum atomic E-state index is 0. The van der Waals surface area contributed by atoms with Crippen LogP contribution in [0.25, 0.3) is 0 Å². The molecule has 0 aromatic rings. The molecule has 3 atom stereocenters. The molecule has 7 heteroatoms. The third kappa shape index (κ3) is 4.47. The molecule has 4 rings (SSSR count). The molecule has 0 bridgehead atoms. The number of guanidine groups is 1. The fraction of sp³-hybridized carbons (Fsp3) is 0.952. The van der Waals surface area contributed by atoms with Crippen LogP contribution >= 0.6 is 24.0 Å². The van der Waals surface area contributed by atoms with Crippen LogP contribution in [-0.4, -0.2) is 75.0 Å². The van der Waals surface area contributed by atoms with Gasteiger partial charge in [-0.2, -0.15) is 0 Å². The van der Waals surface area contributed by atoms with E-state index in [0.29, 0.717) is 35.6 Å². The van der Waals surface area contributed by atoms with E-state index >= 15 is 0 Å². The highest BCUT2D eigenvalue weighted by atomic mass is 127. The van der Waals surface area contributed by atoms with Gasteiger partial charge in [-0.05, 0) is 46.0 Å². The molecule has 4 aliphatic rings. The molecular formula is C21H39IN4O2. The normalized spacial score (nSPS) is 32.4. The van der Waals surface area contributed by atoms with Crippen molar-refractivity contribution >= 4 is 29.9 Å². The topological polar surface area (TPSA) is 58.1 Å². The summed E-state index contributed by atoms with van der Waals surface area (Å²) in [5, 5.41) is 7.50. The van der Waals surface area contributed by atoms with E-state index in [1.165, 1.54) is 38.5 Å². The lowest BCUT2D eigenvalue weighted by Gasteiger charge is -2.63. The first-order valence-electron chi connectivity index (χ1n) is 11.1. The highest BCUT2D eigenvalue weighted by Gasteiger charge is 2.66. The van der Waals surface area contributed by atoms with E-state index in [2.05, 4.69) is 34.4 Å². The zero-order valence-electron chi connectivity index (χ0n) is 17.8. The minimum Gasteiger partial charge on any atom is -0.377 e. The number of hydrogen-bond donors (Lipinski definition) is 2. The number of ether oxygens (including phenoxy) is 2. The standard InChI is InChI=1S/C21H38N4O2.HI/c1-15(2)26-14-12-25-10-5-16(6-11-25)23-20(22-3)24-18-17-7-13-27-19(17)21(18)8-4-9-21;/h15-19H,4-14H2,1-3H3,(H2,22,23,24);1H. The third-order valence-electron chi connectivity index (χ3n) is 7.34. The van der Waals surface area contributed by atoms with Gasteiger partial charge in [0.1, 0.15) is 0 Å². The summed E-state index contributed by atoms with van der Waals surface area (Å²) >= 11 is 0. The average molecular weight is 506 g/mol. The molecule has 0 aromatic heterocycles. The second kappa shape index (κ2) is 9.79. The van der Waals surface area contributed by atoms with Gasteiger partial charge in [0, 0.05) is 56.7 Å². The molecule has 2 aliphatic carbocycles. The van der Waals surface area contributed by atoms with E-state index in [4.69, 9.17) is 9.47 Å². The summed E-state index contributed by atoms with van der Waals surface area (Å²) in [6, 6.07) is 1.07. The van der Waals surface area contributed by atoms with Gasteiger partial charge in [-0.3, -0.25) is 4.99 Å². The molecule has 2 saturated heterocycles. The van der Waals surface area contributed by atoms with Crippen molar-refractivity contribution in [2.75, 3.05) is 39.9 Å². The van der Waals surface area contributed by atoms with Gasteiger partial charge in [0.2, 0.25) is 0 Å². The van der Waals surface area contributed by atoms with Gasteiger partial charge < -0.3 is 25.0 Å². The van der Waals surface area contributed by atoms with Gasteiger partial charge in [0.05, 0.1) is 18.8 Å². The van der Waals surface area contributed by atoms with Crippen LogP contribution < -0.4 is 10.6 Å². The minimum absolute atomic E-state index is 0. The van der Waals surface area contributed by atoms with E-state index < -0.39 is 0 Å². The Hall–Kier alpha value is -0.120. The maximum Gasteiger partial charge on any atom is 0.191 e. The number of fused-ring (bicyclic) bond motifs is 2. The fourth-order valence-electron chi connectivity index (χ4n) is 5.69. The lowest BCUT2D eigenvalue weighted by molar-refractivity contribution is -0.171. The first kappa shape index (κ1) is 22.6. The van der Waals surface area contributed by atoms with E-state index in [0.717, 1.165) is 38.8 Å². The van der Waals surface area contributed by atoms with Crippen LogP contribution in [0.4, 0.5) is 0 Å². The third-order valence-corrected chi connectivity index (χ3v) is 7.34. The number of piperidine rings is 1. The Morgan fingerprint density at radius 3 is 2.57 bits per heavy atom.